The molecule has 150 valence electrons. The summed E-state index contributed by atoms with van der Waals surface area (Å²) in [5, 5.41) is 15.0. The van der Waals surface area contributed by atoms with Gasteiger partial charge in [0.25, 0.3) is 5.91 Å². The van der Waals surface area contributed by atoms with Gasteiger partial charge in [-0.1, -0.05) is 12.1 Å². The van der Waals surface area contributed by atoms with E-state index in [0.717, 1.165) is 5.56 Å². The lowest BCUT2D eigenvalue weighted by Gasteiger charge is -2.12. The molecule has 0 fully saturated rings. The highest BCUT2D eigenvalue weighted by Gasteiger charge is 2.10. The highest BCUT2D eigenvalue weighted by Crippen LogP contribution is 2.25. The van der Waals surface area contributed by atoms with Crippen molar-refractivity contribution in [3.63, 3.8) is 0 Å². The number of aliphatic hydroxyl groups excluding tert-OH is 1. The number of anilines is 1. The third-order valence-corrected chi connectivity index (χ3v) is 4.14. The van der Waals surface area contributed by atoms with E-state index in [1.807, 2.05) is 38.1 Å². The van der Waals surface area contributed by atoms with Gasteiger partial charge in [-0.25, -0.2) is 0 Å². The topological polar surface area (TPSA) is 83.7 Å². The number of rotatable bonds is 6. The van der Waals surface area contributed by atoms with Gasteiger partial charge in [0.2, 0.25) is 0 Å². The lowest BCUT2D eigenvalue weighted by atomic mass is 10.1. The number of nitrogens with one attached hydrogen (secondary N) is 2. The van der Waals surface area contributed by atoms with Crippen LogP contribution in [0.25, 0.3) is 11.3 Å². The van der Waals surface area contributed by atoms with E-state index in [4.69, 9.17) is 26.5 Å². The van der Waals surface area contributed by atoms with Crippen molar-refractivity contribution in [1.82, 2.24) is 5.32 Å². The molecule has 0 spiro atoms. The van der Waals surface area contributed by atoms with E-state index in [1.54, 1.807) is 36.4 Å². The Morgan fingerprint density at radius 1 is 1.14 bits per heavy atom. The van der Waals surface area contributed by atoms with Crippen molar-refractivity contribution in [2.24, 2.45) is 0 Å². The van der Waals surface area contributed by atoms with Gasteiger partial charge in [-0.2, -0.15) is 0 Å². The third kappa shape index (κ3) is 5.66. The average Bonchev–Trinajstić information content (AvgIpc) is 3.17. The van der Waals surface area contributed by atoms with E-state index in [0.29, 0.717) is 28.5 Å². The summed E-state index contributed by atoms with van der Waals surface area (Å²) in [5.41, 5.74) is 2.01. The number of benzene rings is 2. The molecule has 0 bridgehead atoms. The molecule has 1 aromatic heterocycles. The largest absolute Gasteiger partial charge is 0.491 e. The van der Waals surface area contributed by atoms with Crippen LogP contribution in [0.15, 0.2) is 65.1 Å². The molecule has 0 aliphatic carbocycles. The zero-order valence-corrected chi connectivity index (χ0v) is 17.0. The molecule has 3 N–H and O–H groups in total. The first kappa shape index (κ1) is 20.6. The van der Waals surface area contributed by atoms with E-state index in [1.165, 1.54) is 0 Å². The molecule has 0 saturated heterocycles. The van der Waals surface area contributed by atoms with Crippen molar-refractivity contribution in [3.05, 3.63) is 72.0 Å². The minimum absolute atomic E-state index is 0.0682. The standard InChI is InChI=1S/C22H22N2O4S/c1-14(2)27-18-8-6-15(7-9-18)21(26)24-22(29)23-17-5-3-4-16(12-17)20-11-10-19(13-25)28-20/h3-12,14,25H,13H2,1-2H3,(H2,23,24,26,29). The van der Waals surface area contributed by atoms with E-state index in [-0.39, 0.29) is 23.7 Å². The normalized spacial score (nSPS) is 10.6. The molecule has 1 amide bonds. The van der Waals surface area contributed by atoms with Crippen LogP contribution in [0.1, 0.15) is 30.0 Å². The van der Waals surface area contributed by atoms with Crippen LogP contribution < -0.4 is 15.4 Å². The zero-order valence-electron chi connectivity index (χ0n) is 16.1. The molecule has 0 aliphatic heterocycles. The maximum absolute atomic E-state index is 12.4. The smallest absolute Gasteiger partial charge is 0.257 e. The van der Waals surface area contributed by atoms with Crippen LogP contribution in [-0.4, -0.2) is 22.2 Å². The van der Waals surface area contributed by atoms with Gasteiger partial charge in [0.05, 0.1) is 6.10 Å². The third-order valence-electron chi connectivity index (χ3n) is 3.94. The minimum atomic E-state index is -0.312. The molecule has 0 unspecified atom stereocenters. The number of carbonyl (C=O) groups excluding carboxylic acids is 1. The SMILES string of the molecule is CC(C)Oc1ccc(C(=O)NC(=S)Nc2cccc(-c3ccc(CO)o3)c2)cc1. The van der Waals surface area contributed by atoms with E-state index < -0.39 is 0 Å². The second-order valence-corrected chi connectivity index (χ2v) is 7.01. The summed E-state index contributed by atoms with van der Waals surface area (Å²) in [7, 11) is 0. The maximum Gasteiger partial charge on any atom is 0.257 e. The Balaban J connectivity index is 1.61. The van der Waals surface area contributed by atoms with Gasteiger partial charge in [-0.05, 0) is 74.6 Å². The molecule has 3 rings (SSSR count). The Morgan fingerprint density at radius 2 is 1.90 bits per heavy atom. The summed E-state index contributed by atoms with van der Waals surface area (Å²) < 4.78 is 11.1. The molecule has 29 heavy (non-hydrogen) atoms. The summed E-state index contributed by atoms with van der Waals surface area (Å²) in [6, 6.07) is 17.8. The number of furan rings is 1. The Hall–Kier alpha value is -3.16. The van der Waals surface area contributed by atoms with Crippen LogP contribution in [0.5, 0.6) is 5.75 Å². The number of ether oxygens (including phenoxy) is 1. The van der Waals surface area contributed by atoms with Crippen LogP contribution in [0.4, 0.5) is 5.69 Å². The van der Waals surface area contributed by atoms with Gasteiger partial charge in [-0.3, -0.25) is 10.1 Å². The van der Waals surface area contributed by atoms with Crippen LogP contribution in [-0.2, 0) is 6.61 Å². The quantitative estimate of drug-likeness (QED) is 0.524. The Labute approximate surface area is 174 Å². The molecular weight excluding hydrogens is 388 g/mol. The van der Waals surface area contributed by atoms with Gasteiger partial charge >= 0.3 is 0 Å². The summed E-state index contributed by atoms with van der Waals surface area (Å²) in [6.07, 6.45) is 0.0682. The first-order valence-electron chi connectivity index (χ1n) is 9.13. The summed E-state index contributed by atoms with van der Waals surface area (Å²) >= 11 is 5.25. The van der Waals surface area contributed by atoms with Gasteiger partial charge in [0.15, 0.2) is 5.11 Å². The Bertz CT molecular complexity index is 996. The van der Waals surface area contributed by atoms with Crippen molar-refractivity contribution in [2.45, 2.75) is 26.6 Å². The Morgan fingerprint density at radius 3 is 2.55 bits per heavy atom. The predicted octanol–water partition coefficient (Wildman–Crippen LogP) is 4.35. The highest BCUT2D eigenvalue weighted by atomic mass is 32.1. The number of hydrogen-bond acceptors (Lipinski definition) is 5. The van der Waals surface area contributed by atoms with Crippen molar-refractivity contribution in [2.75, 3.05) is 5.32 Å². The fourth-order valence-corrected chi connectivity index (χ4v) is 2.87. The lowest BCUT2D eigenvalue weighted by molar-refractivity contribution is 0.0977. The second-order valence-electron chi connectivity index (χ2n) is 6.60. The van der Waals surface area contributed by atoms with Crippen LogP contribution >= 0.6 is 12.2 Å². The molecule has 0 radical (unpaired) electrons. The number of carbonyl (C=O) groups is 1. The number of hydrogen-bond donors (Lipinski definition) is 3. The van der Waals surface area contributed by atoms with Crippen molar-refractivity contribution in [3.8, 4) is 17.1 Å². The predicted molar refractivity (Wildman–Crippen MR) is 116 cm³/mol. The first-order valence-corrected chi connectivity index (χ1v) is 9.54. The van der Waals surface area contributed by atoms with Gasteiger partial charge in [-0.15, -0.1) is 0 Å². The molecule has 0 atom stereocenters. The van der Waals surface area contributed by atoms with E-state index in [2.05, 4.69) is 10.6 Å². The van der Waals surface area contributed by atoms with Gasteiger partial charge < -0.3 is 19.6 Å². The summed E-state index contributed by atoms with van der Waals surface area (Å²) in [6.45, 7) is 3.73. The molecule has 7 heteroatoms. The Kier molecular flexibility index (Phi) is 6.64. The molecule has 0 saturated carbocycles. The van der Waals surface area contributed by atoms with Crippen molar-refractivity contribution < 1.29 is 19.1 Å². The fourth-order valence-electron chi connectivity index (χ4n) is 2.66. The van der Waals surface area contributed by atoms with Gasteiger partial charge in [0, 0.05) is 16.8 Å². The molecule has 6 nitrogen and oxygen atoms in total. The van der Waals surface area contributed by atoms with E-state index in [9.17, 15) is 4.79 Å². The van der Waals surface area contributed by atoms with Crippen LogP contribution in [0, 0.1) is 0 Å². The molecular formula is C22H22N2O4S. The van der Waals surface area contributed by atoms with Crippen molar-refractivity contribution in [1.29, 1.82) is 0 Å². The van der Waals surface area contributed by atoms with Crippen molar-refractivity contribution >= 4 is 28.9 Å². The molecule has 1 heterocycles. The maximum atomic E-state index is 12.4. The first-order chi connectivity index (χ1) is 13.9. The number of aliphatic hydroxyl groups is 1. The highest BCUT2D eigenvalue weighted by molar-refractivity contribution is 7.80. The molecule has 2 aromatic carbocycles. The average molecular weight is 410 g/mol. The zero-order chi connectivity index (χ0) is 20.8. The minimum Gasteiger partial charge on any atom is -0.491 e. The lowest BCUT2D eigenvalue weighted by Crippen LogP contribution is -2.34. The summed E-state index contributed by atoms with van der Waals surface area (Å²) in [5.74, 6) is 1.52. The molecule has 0 aliphatic rings. The van der Waals surface area contributed by atoms with Crippen LogP contribution in [0.2, 0.25) is 0 Å². The fraction of sp³-hybridized carbons (Fsp3) is 0.182. The van der Waals surface area contributed by atoms with Crippen LogP contribution in [0.3, 0.4) is 0 Å². The van der Waals surface area contributed by atoms with E-state index >= 15 is 0 Å². The van der Waals surface area contributed by atoms with Gasteiger partial charge in [0.1, 0.15) is 23.9 Å². The summed E-state index contributed by atoms with van der Waals surface area (Å²) in [4.78, 5) is 12.4. The number of amides is 1. The number of thiocarbonyl (C=S) groups is 1. The molecule has 3 aromatic rings. The monoisotopic (exact) mass is 410 g/mol. The second kappa shape index (κ2) is 9.36.